The van der Waals surface area contributed by atoms with Gasteiger partial charge in [0, 0.05) is 24.5 Å². The lowest BCUT2D eigenvalue weighted by Gasteiger charge is -2.13. The van der Waals surface area contributed by atoms with E-state index in [9.17, 15) is 13.2 Å². The summed E-state index contributed by atoms with van der Waals surface area (Å²) in [5.74, 6) is -0.606. The molecule has 1 aromatic carbocycles. The Hall–Kier alpha value is -3.53. The van der Waals surface area contributed by atoms with Gasteiger partial charge in [-0.2, -0.15) is 0 Å². The molecule has 2 heterocycles. The number of nitrogens with one attached hydrogen (secondary N) is 2. The second kappa shape index (κ2) is 12.1. The van der Waals surface area contributed by atoms with Crippen molar-refractivity contribution in [2.45, 2.75) is 51.0 Å². The van der Waals surface area contributed by atoms with E-state index in [0.29, 0.717) is 6.54 Å². The van der Waals surface area contributed by atoms with Crippen LogP contribution in [0.5, 0.6) is 5.88 Å². The van der Waals surface area contributed by atoms with Crippen molar-refractivity contribution in [3.05, 3.63) is 71.8 Å². The van der Waals surface area contributed by atoms with Gasteiger partial charge in [-0.25, -0.2) is 18.4 Å². The number of amides is 1. The molecule has 180 valence electrons. The first-order valence-electron chi connectivity index (χ1n) is 11.2. The first-order chi connectivity index (χ1) is 16.4. The first kappa shape index (κ1) is 25.1. The van der Waals surface area contributed by atoms with E-state index >= 15 is 0 Å². The fourth-order valence-electron chi connectivity index (χ4n) is 3.04. The summed E-state index contributed by atoms with van der Waals surface area (Å²) in [5, 5.41) is 2.81. The van der Waals surface area contributed by atoms with Gasteiger partial charge in [0.2, 0.25) is 5.82 Å². The van der Waals surface area contributed by atoms with E-state index in [2.05, 4.69) is 31.9 Å². The Labute approximate surface area is 200 Å². The van der Waals surface area contributed by atoms with E-state index in [-0.39, 0.29) is 28.9 Å². The van der Waals surface area contributed by atoms with E-state index in [1.807, 2.05) is 13.0 Å². The lowest BCUT2D eigenvalue weighted by molar-refractivity contribution is 0.0946. The molecule has 3 aromatic rings. The molecule has 0 aliphatic heterocycles. The molecule has 0 fully saturated rings. The summed E-state index contributed by atoms with van der Waals surface area (Å²) < 4.78 is 33.9. The SMILES string of the molecule is CCCCCCNC(=O)c1cnc(NS(=O)(=O)c2ccc(C)cc2)c(OCc2cccnc2)n1. The molecule has 1 amide bonds. The van der Waals surface area contributed by atoms with E-state index in [4.69, 9.17) is 4.74 Å². The van der Waals surface area contributed by atoms with Gasteiger partial charge < -0.3 is 10.1 Å². The van der Waals surface area contributed by atoms with Crippen LogP contribution >= 0.6 is 0 Å². The standard InChI is InChI=1S/C24H29N5O4S/c1-3-4-5-6-14-26-23(30)21-16-27-22(24(28-21)33-17-19-8-7-13-25-15-19)29-34(31,32)20-11-9-18(2)10-12-20/h7-13,15-16H,3-6,14,17H2,1-2H3,(H,26,30)(H,27,29). The molecule has 0 saturated heterocycles. The summed E-state index contributed by atoms with van der Waals surface area (Å²) in [5.41, 5.74) is 1.72. The quantitative estimate of drug-likeness (QED) is 0.375. The number of carbonyl (C=O) groups is 1. The molecule has 0 aliphatic rings. The Kier molecular flexibility index (Phi) is 8.92. The third-order valence-electron chi connectivity index (χ3n) is 4.95. The van der Waals surface area contributed by atoms with Crippen LogP contribution in [0.1, 0.15) is 54.2 Å². The molecule has 0 radical (unpaired) electrons. The number of sulfonamides is 1. The monoisotopic (exact) mass is 483 g/mol. The summed E-state index contributed by atoms with van der Waals surface area (Å²) in [6.45, 7) is 4.58. The van der Waals surface area contributed by atoms with Crippen LogP contribution in [0.3, 0.4) is 0 Å². The average molecular weight is 484 g/mol. The lowest BCUT2D eigenvalue weighted by Crippen LogP contribution is -2.26. The minimum absolute atomic E-state index is 0.0370. The van der Waals surface area contributed by atoms with E-state index < -0.39 is 15.9 Å². The van der Waals surface area contributed by atoms with Crippen molar-refractivity contribution < 1.29 is 17.9 Å². The van der Waals surface area contributed by atoms with E-state index in [0.717, 1.165) is 36.8 Å². The van der Waals surface area contributed by atoms with Gasteiger partial charge in [0.05, 0.1) is 11.1 Å². The summed E-state index contributed by atoms with van der Waals surface area (Å²) in [4.78, 5) is 25.0. The molecule has 0 atom stereocenters. The van der Waals surface area contributed by atoms with Crippen molar-refractivity contribution in [3.63, 3.8) is 0 Å². The number of hydrogen-bond acceptors (Lipinski definition) is 7. The number of benzene rings is 1. The van der Waals surface area contributed by atoms with Crippen molar-refractivity contribution >= 4 is 21.7 Å². The van der Waals surface area contributed by atoms with Crippen LogP contribution in [-0.2, 0) is 16.6 Å². The lowest BCUT2D eigenvalue weighted by atomic mass is 10.2. The van der Waals surface area contributed by atoms with Crippen LogP contribution in [0.4, 0.5) is 5.82 Å². The number of aryl methyl sites for hydroxylation is 1. The van der Waals surface area contributed by atoms with Gasteiger partial charge in [-0.3, -0.25) is 14.5 Å². The molecule has 0 spiro atoms. The van der Waals surface area contributed by atoms with Gasteiger partial charge in [0.25, 0.3) is 21.8 Å². The van der Waals surface area contributed by atoms with Crippen LogP contribution in [-0.4, -0.2) is 35.8 Å². The first-order valence-corrected chi connectivity index (χ1v) is 12.6. The van der Waals surface area contributed by atoms with Crippen molar-refractivity contribution in [2.24, 2.45) is 0 Å². The highest BCUT2D eigenvalue weighted by atomic mass is 32.2. The zero-order chi connectivity index (χ0) is 24.4. The zero-order valence-electron chi connectivity index (χ0n) is 19.3. The summed E-state index contributed by atoms with van der Waals surface area (Å²) in [6.07, 6.45) is 8.60. The number of pyridine rings is 1. The van der Waals surface area contributed by atoms with Crippen LogP contribution in [0, 0.1) is 6.92 Å². The molecular weight excluding hydrogens is 454 g/mol. The maximum absolute atomic E-state index is 12.9. The third-order valence-corrected chi connectivity index (χ3v) is 6.30. The van der Waals surface area contributed by atoms with Crippen LogP contribution < -0.4 is 14.8 Å². The average Bonchev–Trinajstić information content (AvgIpc) is 2.84. The van der Waals surface area contributed by atoms with Gasteiger partial charge in [-0.05, 0) is 31.5 Å². The third kappa shape index (κ3) is 7.24. The van der Waals surface area contributed by atoms with Gasteiger partial charge in [0.15, 0.2) is 5.69 Å². The Morgan fingerprint density at radius 2 is 1.85 bits per heavy atom. The minimum atomic E-state index is -3.94. The number of nitrogens with zero attached hydrogens (tertiary/aromatic N) is 3. The topological polar surface area (TPSA) is 123 Å². The maximum Gasteiger partial charge on any atom is 0.271 e. The van der Waals surface area contributed by atoms with Crippen LogP contribution in [0.2, 0.25) is 0 Å². The molecule has 9 nitrogen and oxygen atoms in total. The van der Waals surface area contributed by atoms with Gasteiger partial charge in [-0.1, -0.05) is 49.9 Å². The number of unbranched alkanes of at least 4 members (excludes halogenated alkanes) is 3. The Bertz CT molecular complexity index is 1190. The van der Waals surface area contributed by atoms with Crippen LogP contribution in [0.15, 0.2) is 59.9 Å². The molecule has 0 saturated carbocycles. The molecular formula is C24H29N5O4S. The second-order valence-electron chi connectivity index (χ2n) is 7.79. The predicted octanol–water partition coefficient (Wildman–Crippen LogP) is 3.87. The van der Waals surface area contributed by atoms with Crippen molar-refractivity contribution in [1.29, 1.82) is 0 Å². The fourth-order valence-corrected chi connectivity index (χ4v) is 4.04. The normalized spacial score (nSPS) is 11.1. The summed E-state index contributed by atoms with van der Waals surface area (Å²) in [6, 6.07) is 9.97. The van der Waals surface area contributed by atoms with Crippen molar-refractivity contribution in [3.8, 4) is 5.88 Å². The molecule has 34 heavy (non-hydrogen) atoms. The summed E-state index contributed by atoms with van der Waals surface area (Å²) >= 11 is 0. The highest BCUT2D eigenvalue weighted by Crippen LogP contribution is 2.24. The van der Waals surface area contributed by atoms with Crippen LogP contribution in [0.25, 0.3) is 0 Å². The number of anilines is 1. The zero-order valence-corrected chi connectivity index (χ0v) is 20.1. The Morgan fingerprint density at radius 3 is 2.56 bits per heavy atom. The van der Waals surface area contributed by atoms with Crippen molar-refractivity contribution in [1.82, 2.24) is 20.3 Å². The van der Waals surface area contributed by atoms with E-state index in [1.165, 1.54) is 18.3 Å². The number of carbonyl (C=O) groups excluding carboxylic acids is 1. The largest absolute Gasteiger partial charge is 0.470 e. The predicted molar refractivity (Wildman–Crippen MR) is 129 cm³/mol. The molecule has 0 aliphatic carbocycles. The summed E-state index contributed by atoms with van der Waals surface area (Å²) in [7, 11) is -3.94. The highest BCUT2D eigenvalue weighted by Gasteiger charge is 2.21. The molecule has 3 rings (SSSR count). The number of rotatable bonds is 12. The Balaban J connectivity index is 1.80. The molecule has 0 bridgehead atoms. The second-order valence-corrected chi connectivity index (χ2v) is 9.48. The molecule has 0 unspecified atom stereocenters. The van der Waals surface area contributed by atoms with Gasteiger partial charge in [0.1, 0.15) is 6.61 Å². The Morgan fingerprint density at radius 1 is 1.06 bits per heavy atom. The highest BCUT2D eigenvalue weighted by molar-refractivity contribution is 7.92. The number of hydrogen-bond donors (Lipinski definition) is 2. The van der Waals surface area contributed by atoms with E-state index in [1.54, 1.807) is 30.6 Å². The molecule has 2 N–H and O–H groups in total. The fraction of sp³-hybridized carbons (Fsp3) is 0.333. The van der Waals surface area contributed by atoms with Crippen molar-refractivity contribution in [2.75, 3.05) is 11.3 Å². The smallest absolute Gasteiger partial charge is 0.271 e. The van der Waals surface area contributed by atoms with Gasteiger partial charge in [-0.15, -0.1) is 0 Å². The molecule has 2 aromatic heterocycles. The number of ether oxygens (including phenoxy) is 1. The number of aromatic nitrogens is 3. The maximum atomic E-state index is 12.9. The minimum Gasteiger partial charge on any atom is -0.470 e. The molecule has 10 heteroatoms. The van der Waals surface area contributed by atoms with Gasteiger partial charge >= 0.3 is 0 Å².